The zero-order valence-electron chi connectivity index (χ0n) is 6.40. The second-order valence-corrected chi connectivity index (χ2v) is 2.88. The van der Waals surface area contributed by atoms with Gasteiger partial charge in [-0.3, -0.25) is 0 Å². The van der Waals surface area contributed by atoms with Crippen LogP contribution in [0.2, 0.25) is 0 Å². The molecule has 4 heteroatoms. The number of rotatable bonds is 1. The fourth-order valence-electron chi connectivity index (χ4n) is 1.47. The van der Waals surface area contributed by atoms with Gasteiger partial charge in [0.1, 0.15) is 0 Å². The summed E-state index contributed by atoms with van der Waals surface area (Å²) in [6.07, 6.45) is 6.12. The van der Waals surface area contributed by atoms with Gasteiger partial charge < -0.3 is 5.32 Å². The average Bonchev–Trinajstić information content (AvgIpc) is 2.58. The molecule has 2 heterocycles. The van der Waals surface area contributed by atoms with Crippen LogP contribution in [0, 0.1) is 0 Å². The van der Waals surface area contributed by atoms with Gasteiger partial charge in [-0.25, -0.2) is 4.68 Å². The predicted molar refractivity (Wildman–Crippen MR) is 41.2 cm³/mol. The molecule has 1 aromatic rings. The first-order valence-electron chi connectivity index (χ1n) is 4.03. The van der Waals surface area contributed by atoms with Crippen LogP contribution in [0.1, 0.15) is 18.9 Å². The minimum Gasteiger partial charge on any atom is -0.315 e. The van der Waals surface area contributed by atoms with Crippen molar-refractivity contribution in [2.45, 2.75) is 18.9 Å². The van der Waals surface area contributed by atoms with Crippen LogP contribution in [0.5, 0.6) is 0 Å². The highest BCUT2D eigenvalue weighted by atomic mass is 15.4. The maximum atomic E-state index is 3.97. The topological polar surface area (TPSA) is 42.7 Å². The summed E-state index contributed by atoms with van der Waals surface area (Å²) in [4.78, 5) is 0. The van der Waals surface area contributed by atoms with Gasteiger partial charge in [0, 0.05) is 12.7 Å². The molecule has 0 radical (unpaired) electrons. The van der Waals surface area contributed by atoms with Crippen LogP contribution in [0.3, 0.4) is 0 Å². The summed E-state index contributed by atoms with van der Waals surface area (Å²) >= 11 is 0. The van der Waals surface area contributed by atoms with E-state index in [0.29, 0.717) is 6.04 Å². The van der Waals surface area contributed by atoms with E-state index >= 15 is 0 Å². The van der Waals surface area contributed by atoms with E-state index in [1.165, 1.54) is 12.8 Å². The largest absolute Gasteiger partial charge is 0.315 e. The number of aromatic nitrogens is 3. The molecule has 0 saturated carbocycles. The van der Waals surface area contributed by atoms with E-state index in [1.54, 1.807) is 6.20 Å². The van der Waals surface area contributed by atoms with Crippen molar-refractivity contribution in [3.63, 3.8) is 0 Å². The third-order valence-corrected chi connectivity index (χ3v) is 2.09. The van der Waals surface area contributed by atoms with Gasteiger partial charge in [-0.1, -0.05) is 5.21 Å². The van der Waals surface area contributed by atoms with Crippen molar-refractivity contribution in [3.05, 3.63) is 12.4 Å². The van der Waals surface area contributed by atoms with Gasteiger partial charge in [0.25, 0.3) is 0 Å². The van der Waals surface area contributed by atoms with Gasteiger partial charge in [-0.05, 0) is 19.4 Å². The van der Waals surface area contributed by atoms with E-state index in [4.69, 9.17) is 0 Å². The molecule has 11 heavy (non-hydrogen) atoms. The molecule has 0 amide bonds. The van der Waals surface area contributed by atoms with Crippen LogP contribution in [-0.4, -0.2) is 28.1 Å². The summed E-state index contributed by atoms with van der Waals surface area (Å²) in [7, 11) is 0. The van der Waals surface area contributed by atoms with E-state index in [-0.39, 0.29) is 0 Å². The van der Waals surface area contributed by atoms with Gasteiger partial charge in [0.2, 0.25) is 0 Å². The van der Waals surface area contributed by atoms with Crippen molar-refractivity contribution in [1.82, 2.24) is 20.3 Å². The van der Waals surface area contributed by atoms with E-state index in [0.717, 1.165) is 13.1 Å². The Morgan fingerprint density at radius 3 is 3.18 bits per heavy atom. The fraction of sp³-hybridized carbons (Fsp3) is 0.714. The minimum absolute atomic E-state index is 0.520. The smallest absolute Gasteiger partial charge is 0.0693 e. The van der Waals surface area contributed by atoms with Gasteiger partial charge >= 0.3 is 0 Å². The Bertz CT molecular complexity index is 200. The van der Waals surface area contributed by atoms with Gasteiger partial charge in [-0.15, -0.1) is 5.10 Å². The minimum atomic E-state index is 0.520. The number of hydrogen-bond donors (Lipinski definition) is 1. The molecule has 0 aromatic carbocycles. The summed E-state index contributed by atoms with van der Waals surface area (Å²) in [6, 6.07) is 0.520. The zero-order chi connectivity index (χ0) is 7.52. The highest BCUT2D eigenvalue weighted by molar-refractivity contribution is 4.77. The van der Waals surface area contributed by atoms with Crippen molar-refractivity contribution in [1.29, 1.82) is 0 Å². The lowest BCUT2D eigenvalue weighted by atomic mass is 10.1. The van der Waals surface area contributed by atoms with Crippen molar-refractivity contribution in [2.24, 2.45) is 0 Å². The molecule has 2 rings (SSSR count). The highest BCUT2D eigenvalue weighted by Crippen LogP contribution is 2.13. The number of nitrogens with one attached hydrogen (secondary N) is 1. The van der Waals surface area contributed by atoms with Crippen molar-refractivity contribution < 1.29 is 0 Å². The predicted octanol–water partition coefficient (Wildman–Crippen LogP) is 0.203. The Hall–Kier alpha value is -0.900. The number of nitrogens with zero attached hydrogens (tertiary/aromatic N) is 3. The first-order chi connectivity index (χ1) is 5.47. The molecule has 0 spiro atoms. The molecule has 1 aliphatic heterocycles. The van der Waals surface area contributed by atoms with Gasteiger partial charge in [-0.2, -0.15) is 0 Å². The number of piperidine rings is 1. The SMILES string of the molecule is c1cn([C@@H]2CCCNC2)nn1. The maximum absolute atomic E-state index is 3.97. The molecule has 1 N–H and O–H groups in total. The zero-order valence-corrected chi connectivity index (χ0v) is 6.40. The van der Waals surface area contributed by atoms with Crippen LogP contribution in [0.4, 0.5) is 0 Å². The molecular weight excluding hydrogens is 140 g/mol. The van der Waals surface area contributed by atoms with Crippen LogP contribution < -0.4 is 5.32 Å². The van der Waals surface area contributed by atoms with Crippen molar-refractivity contribution >= 4 is 0 Å². The molecular formula is C7H12N4. The van der Waals surface area contributed by atoms with E-state index in [2.05, 4.69) is 15.6 Å². The molecule has 1 aliphatic rings. The summed E-state index contributed by atoms with van der Waals surface area (Å²) < 4.78 is 1.94. The van der Waals surface area contributed by atoms with E-state index in [9.17, 15) is 0 Å². The lowest BCUT2D eigenvalue weighted by Gasteiger charge is -2.22. The summed E-state index contributed by atoms with van der Waals surface area (Å²) in [5.41, 5.74) is 0. The second-order valence-electron chi connectivity index (χ2n) is 2.88. The molecule has 0 bridgehead atoms. The summed E-state index contributed by atoms with van der Waals surface area (Å²) in [5.74, 6) is 0. The number of hydrogen-bond acceptors (Lipinski definition) is 3. The highest BCUT2D eigenvalue weighted by Gasteiger charge is 2.14. The molecule has 1 fully saturated rings. The molecule has 0 unspecified atom stereocenters. The van der Waals surface area contributed by atoms with Crippen molar-refractivity contribution in [3.8, 4) is 0 Å². The summed E-state index contributed by atoms with van der Waals surface area (Å²) in [6.45, 7) is 2.18. The van der Waals surface area contributed by atoms with Crippen LogP contribution in [0.25, 0.3) is 0 Å². The Balaban J connectivity index is 2.04. The first kappa shape index (κ1) is 6.79. The lowest BCUT2D eigenvalue weighted by Crippen LogP contribution is -2.31. The third kappa shape index (κ3) is 1.40. The van der Waals surface area contributed by atoms with E-state index in [1.807, 2.05) is 10.9 Å². The summed E-state index contributed by atoms with van der Waals surface area (Å²) in [5, 5.41) is 11.1. The van der Waals surface area contributed by atoms with Crippen LogP contribution in [-0.2, 0) is 0 Å². The lowest BCUT2D eigenvalue weighted by molar-refractivity contribution is 0.341. The Morgan fingerprint density at radius 2 is 2.55 bits per heavy atom. The van der Waals surface area contributed by atoms with Gasteiger partial charge in [0.05, 0.1) is 12.2 Å². The van der Waals surface area contributed by atoms with Crippen LogP contribution >= 0.6 is 0 Å². The quantitative estimate of drug-likeness (QED) is 0.625. The van der Waals surface area contributed by atoms with E-state index < -0.39 is 0 Å². The Morgan fingerprint density at radius 1 is 1.55 bits per heavy atom. The second kappa shape index (κ2) is 3.00. The maximum Gasteiger partial charge on any atom is 0.0693 e. The first-order valence-corrected chi connectivity index (χ1v) is 4.03. The molecule has 0 aliphatic carbocycles. The normalized spacial score (nSPS) is 25.3. The third-order valence-electron chi connectivity index (χ3n) is 2.09. The Kier molecular flexibility index (Phi) is 1.85. The average molecular weight is 152 g/mol. The molecule has 60 valence electrons. The Labute approximate surface area is 65.6 Å². The standard InChI is InChI=1S/C7H12N4/c1-2-7(6-8-3-1)11-5-4-9-10-11/h4-5,7-8H,1-3,6H2/t7-/m1/s1. The molecule has 1 aromatic heterocycles. The molecule has 1 saturated heterocycles. The monoisotopic (exact) mass is 152 g/mol. The fourth-order valence-corrected chi connectivity index (χ4v) is 1.47. The van der Waals surface area contributed by atoms with Crippen LogP contribution in [0.15, 0.2) is 12.4 Å². The van der Waals surface area contributed by atoms with Crippen molar-refractivity contribution in [2.75, 3.05) is 13.1 Å². The van der Waals surface area contributed by atoms with Gasteiger partial charge in [0.15, 0.2) is 0 Å². The molecule has 4 nitrogen and oxygen atoms in total. The molecule has 1 atom stereocenters.